The molecule has 0 aromatic heterocycles. The first kappa shape index (κ1) is 14.5. The van der Waals surface area contributed by atoms with Gasteiger partial charge in [-0.05, 0) is 11.6 Å². The highest BCUT2D eigenvalue weighted by atomic mass is 32.2. The summed E-state index contributed by atoms with van der Waals surface area (Å²) in [5.74, 6) is 0.0362. The first-order valence-corrected chi connectivity index (χ1v) is 7.75. The predicted octanol–water partition coefficient (Wildman–Crippen LogP) is 0.910. The number of nitrogens with one attached hydrogen (secondary N) is 1. The van der Waals surface area contributed by atoms with Crippen LogP contribution in [0.25, 0.3) is 0 Å². The third-order valence-electron chi connectivity index (χ3n) is 3.07. The summed E-state index contributed by atoms with van der Waals surface area (Å²) in [6.07, 6.45) is -0.138. The second-order valence-corrected chi connectivity index (χ2v) is 6.19. The summed E-state index contributed by atoms with van der Waals surface area (Å²) < 4.78 is 11.3. The number of hydrogen-bond acceptors (Lipinski definition) is 3. The van der Waals surface area contributed by atoms with Crippen molar-refractivity contribution in [1.29, 1.82) is 0 Å². The summed E-state index contributed by atoms with van der Waals surface area (Å²) in [5.41, 5.74) is 1.07. The van der Waals surface area contributed by atoms with E-state index >= 15 is 0 Å². The molecule has 20 heavy (non-hydrogen) atoms. The van der Waals surface area contributed by atoms with Crippen molar-refractivity contribution in [1.82, 2.24) is 4.90 Å². The second kappa shape index (κ2) is 6.51. The van der Waals surface area contributed by atoms with E-state index in [1.54, 1.807) is 29.2 Å². The number of carboxylic acid groups (broad SMARTS) is 1. The molecule has 0 saturated carbocycles. The van der Waals surface area contributed by atoms with Gasteiger partial charge in [-0.1, -0.05) is 18.2 Å². The van der Waals surface area contributed by atoms with Crippen LogP contribution in [0.5, 0.6) is 0 Å². The molecule has 1 aromatic carbocycles. The number of benzene rings is 1. The fourth-order valence-electron chi connectivity index (χ4n) is 1.99. The molecule has 2 rings (SSSR count). The molecule has 1 aromatic rings. The molecule has 1 saturated heterocycles. The molecule has 0 atom stereocenters. The Hall–Kier alpha value is -1.89. The molecule has 0 aliphatic carbocycles. The number of urea groups is 1. The van der Waals surface area contributed by atoms with Gasteiger partial charge in [0.25, 0.3) is 0 Å². The molecule has 1 aliphatic rings. The highest BCUT2D eigenvalue weighted by molar-refractivity contribution is 7.85. The van der Waals surface area contributed by atoms with Crippen LogP contribution in [-0.4, -0.2) is 50.8 Å². The number of carbonyl (C=O) groups is 2. The zero-order valence-electron chi connectivity index (χ0n) is 10.9. The molecule has 1 fully saturated rings. The van der Waals surface area contributed by atoms with E-state index in [1.807, 2.05) is 0 Å². The van der Waals surface area contributed by atoms with Crippen LogP contribution in [0.15, 0.2) is 24.3 Å². The lowest BCUT2D eigenvalue weighted by atomic mass is 10.1. The summed E-state index contributed by atoms with van der Waals surface area (Å²) in [7, 11) is -0.835. The second-order valence-electron chi connectivity index (χ2n) is 4.49. The normalized spacial score (nSPS) is 15.9. The molecular formula is C13H16N2O4S. The Morgan fingerprint density at radius 2 is 1.90 bits per heavy atom. The topological polar surface area (TPSA) is 86.7 Å². The maximum Gasteiger partial charge on any atom is 0.321 e. The lowest BCUT2D eigenvalue weighted by Gasteiger charge is -2.26. The Bertz CT molecular complexity index is 537. The van der Waals surface area contributed by atoms with E-state index in [0.717, 1.165) is 0 Å². The maximum atomic E-state index is 12.1. The highest BCUT2D eigenvalue weighted by Gasteiger charge is 2.20. The number of amides is 2. The van der Waals surface area contributed by atoms with Gasteiger partial charge in [0.2, 0.25) is 0 Å². The molecule has 7 heteroatoms. The van der Waals surface area contributed by atoms with Crippen molar-refractivity contribution in [3.05, 3.63) is 29.8 Å². The standard InChI is InChI=1S/C13H16N2O4S/c16-12(17)9-10-3-1-2-4-11(10)14-13(18)15-5-7-20(19)8-6-15/h1-4H,5-9H2,(H,14,18)(H,16,17). The van der Waals surface area contributed by atoms with Crippen molar-refractivity contribution in [2.24, 2.45) is 0 Å². The minimum absolute atomic E-state index is 0.138. The van der Waals surface area contributed by atoms with E-state index in [-0.39, 0.29) is 12.5 Å². The van der Waals surface area contributed by atoms with Gasteiger partial charge in [-0.2, -0.15) is 0 Å². The monoisotopic (exact) mass is 296 g/mol. The van der Waals surface area contributed by atoms with E-state index < -0.39 is 16.8 Å². The van der Waals surface area contributed by atoms with Crippen molar-refractivity contribution in [3.8, 4) is 0 Å². The minimum Gasteiger partial charge on any atom is -0.481 e. The predicted molar refractivity (Wildman–Crippen MR) is 76.2 cm³/mol. The van der Waals surface area contributed by atoms with Crippen molar-refractivity contribution in [2.45, 2.75) is 6.42 Å². The first-order chi connectivity index (χ1) is 9.56. The van der Waals surface area contributed by atoms with Crippen LogP contribution < -0.4 is 5.32 Å². The summed E-state index contributed by atoms with van der Waals surface area (Å²) >= 11 is 0. The van der Waals surface area contributed by atoms with Gasteiger partial charge in [0.1, 0.15) is 0 Å². The highest BCUT2D eigenvalue weighted by Crippen LogP contribution is 2.16. The lowest BCUT2D eigenvalue weighted by molar-refractivity contribution is -0.136. The molecule has 0 bridgehead atoms. The quantitative estimate of drug-likeness (QED) is 0.868. The fourth-order valence-corrected chi connectivity index (χ4v) is 3.05. The van der Waals surface area contributed by atoms with Crippen LogP contribution in [0.2, 0.25) is 0 Å². The van der Waals surface area contributed by atoms with Crippen LogP contribution in [0, 0.1) is 0 Å². The van der Waals surface area contributed by atoms with Gasteiger partial charge in [0.15, 0.2) is 0 Å². The van der Waals surface area contributed by atoms with Crippen molar-refractivity contribution in [2.75, 3.05) is 29.9 Å². The van der Waals surface area contributed by atoms with Gasteiger partial charge < -0.3 is 15.3 Å². The van der Waals surface area contributed by atoms with Gasteiger partial charge in [-0.3, -0.25) is 9.00 Å². The van der Waals surface area contributed by atoms with Gasteiger partial charge in [0, 0.05) is 41.1 Å². The van der Waals surface area contributed by atoms with Crippen molar-refractivity contribution in [3.63, 3.8) is 0 Å². The zero-order chi connectivity index (χ0) is 14.5. The Morgan fingerprint density at radius 3 is 2.55 bits per heavy atom. The third kappa shape index (κ3) is 3.80. The number of carboxylic acids is 1. The average molecular weight is 296 g/mol. The SMILES string of the molecule is O=C(O)Cc1ccccc1NC(=O)N1CCS(=O)CC1. The molecule has 1 heterocycles. The number of hydrogen-bond donors (Lipinski definition) is 2. The number of anilines is 1. The average Bonchev–Trinajstić information content (AvgIpc) is 2.41. The van der Waals surface area contributed by atoms with E-state index in [4.69, 9.17) is 5.11 Å². The van der Waals surface area contributed by atoms with Crippen LogP contribution in [0.1, 0.15) is 5.56 Å². The van der Waals surface area contributed by atoms with Crippen LogP contribution in [0.3, 0.4) is 0 Å². The fraction of sp³-hybridized carbons (Fsp3) is 0.385. The van der Waals surface area contributed by atoms with Crippen LogP contribution >= 0.6 is 0 Å². The van der Waals surface area contributed by atoms with Gasteiger partial charge in [0.05, 0.1) is 6.42 Å². The molecule has 2 N–H and O–H groups in total. The van der Waals surface area contributed by atoms with Gasteiger partial charge >= 0.3 is 12.0 Å². The number of para-hydroxylation sites is 1. The summed E-state index contributed by atoms with van der Waals surface area (Å²) in [4.78, 5) is 24.5. The van der Waals surface area contributed by atoms with Crippen LogP contribution in [-0.2, 0) is 22.0 Å². The third-order valence-corrected chi connectivity index (χ3v) is 4.34. The number of rotatable bonds is 3. The molecule has 0 spiro atoms. The Kier molecular flexibility index (Phi) is 4.73. The van der Waals surface area contributed by atoms with Crippen molar-refractivity contribution >= 4 is 28.5 Å². The molecule has 6 nitrogen and oxygen atoms in total. The maximum absolute atomic E-state index is 12.1. The Labute approximate surface area is 119 Å². The number of aliphatic carboxylic acids is 1. The molecule has 108 valence electrons. The van der Waals surface area contributed by atoms with Crippen molar-refractivity contribution < 1.29 is 18.9 Å². The Balaban J connectivity index is 2.04. The number of nitrogens with zero attached hydrogens (tertiary/aromatic N) is 1. The molecule has 1 aliphatic heterocycles. The smallest absolute Gasteiger partial charge is 0.321 e. The molecule has 0 radical (unpaired) electrons. The zero-order valence-corrected chi connectivity index (χ0v) is 11.7. The molecule has 0 unspecified atom stereocenters. The minimum atomic E-state index is -0.944. The van der Waals surface area contributed by atoms with E-state index in [1.165, 1.54) is 0 Å². The van der Waals surface area contributed by atoms with E-state index in [0.29, 0.717) is 35.8 Å². The van der Waals surface area contributed by atoms with E-state index in [2.05, 4.69) is 5.32 Å². The van der Waals surface area contributed by atoms with Gasteiger partial charge in [-0.25, -0.2) is 4.79 Å². The summed E-state index contributed by atoms with van der Waals surface area (Å²) in [6, 6.07) is 6.55. The lowest BCUT2D eigenvalue weighted by Crippen LogP contribution is -2.44. The Morgan fingerprint density at radius 1 is 1.25 bits per heavy atom. The molecule has 2 amide bonds. The summed E-state index contributed by atoms with van der Waals surface area (Å²) in [6.45, 7) is 0.916. The van der Waals surface area contributed by atoms with Crippen LogP contribution in [0.4, 0.5) is 10.5 Å². The summed E-state index contributed by atoms with van der Waals surface area (Å²) in [5, 5.41) is 11.6. The first-order valence-electron chi connectivity index (χ1n) is 6.27. The van der Waals surface area contributed by atoms with E-state index in [9.17, 15) is 13.8 Å². The van der Waals surface area contributed by atoms with Gasteiger partial charge in [-0.15, -0.1) is 0 Å². The largest absolute Gasteiger partial charge is 0.481 e. The molecular weight excluding hydrogens is 280 g/mol. The number of carbonyl (C=O) groups excluding carboxylic acids is 1.